The van der Waals surface area contributed by atoms with Crippen LogP contribution in [0.1, 0.15) is 33.6 Å². The number of hydrogen-bond donors (Lipinski definition) is 1. The summed E-state index contributed by atoms with van der Waals surface area (Å²) < 4.78 is 0. The normalized spacial score (nSPS) is 11.9. The summed E-state index contributed by atoms with van der Waals surface area (Å²) in [5, 5.41) is 3.45. The molecule has 0 aromatic heterocycles. The molecule has 1 aromatic rings. The summed E-state index contributed by atoms with van der Waals surface area (Å²) in [4.78, 5) is 0. The first kappa shape index (κ1) is 11.8. The summed E-state index contributed by atoms with van der Waals surface area (Å²) in [5.74, 6) is 0.726. The molecule has 0 aliphatic rings. The highest BCUT2D eigenvalue weighted by Crippen LogP contribution is 2.13. The molecule has 1 heteroatoms. The van der Waals surface area contributed by atoms with Gasteiger partial charge in [0.1, 0.15) is 0 Å². The van der Waals surface area contributed by atoms with E-state index in [2.05, 4.69) is 56.4 Å². The highest BCUT2D eigenvalue weighted by molar-refractivity contribution is 5.47. The molecule has 0 bridgehead atoms. The van der Waals surface area contributed by atoms with Gasteiger partial charge in [0.25, 0.3) is 0 Å². The van der Waals surface area contributed by atoms with E-state index in [1.54, 1.807) is 0 Å². The minimum Gasteiger partial charge on any atom is -0.359 e. The topological polar surface area (TPSA) is 12.0 Å². The van der Waals surface area contributed by atoms with Gasteiger partial charge in [-0.15, -0.1) is 0 Å². The van der Waals surface area contributed by atoms with Crippen molar-refractivity contribution in [3.05, 3.63) is 42.1 Å². The molecule has 1 nitrogen and oxygen atoms in total. The van der Waals surface area contributed by atoms with Crippen molar-refractivity contribution in [2.75, 3.05) is 5.32 Å². The van der Waals surface area contributed by atoms with Crippen LogP contribution in [-0.4, -0.2) is 0 Å². The van der Waals surface area contributed by atoms with Gasteiger partial charge in [0, 0.05) is 11.4 Å². The Balaban J connectivity index is 2.58. The van der Waals surface area contributed by atoms with Gasteiger partial charge in [-0.25, -0.2) is 0 Å². The molecule has 0 saturated carbocycles. The summed E-state index contributed by atoms with van der Waals surface area (Å²) in [6, 6.07) is 10.3. The third-order valence-electron chi connectivity index (χ3n) is 2.30. The lowest BCUT2D eigenvalue weighted by Crippen LogP contribution is -1.99. The van der Waals surface area contributed by atoms with Crippen LogP contribution < -0.4 is 5.32 Å². The van der Waals surface area contributed by atoms with Crippen LogP contribution in [0.5, 0.6) is 0 Å². The van der Waals surface area contributed by atoms with E-state index in [0.717, 1.165) is 18.8 Å². The van der Waals surface area contributed by atoms with Crippen LogP contribution >= 0.6 is 0 Å². The van der Waals surface area contributed by atoms with Gasteiger partial charge in [0.2, 0.25) is 0 Å². The number of hydrogen-bond acceptors (Lipinski definition) is 1. The van der Waals surface area contributed by atoms with Crippen LogP contribution in [-0.2, 0) is 0 Å². The monoisotopic (exact) mass is 203 g/mol. The molecule has 1 N–H and O–H groups in total. The lowest BCUT2D eigenvalue weighted by Gasteiger charge is -2.09. The Hall–Kier alpha value is -1.24. The number of anilines is 1. The zero-order valence-corrected chi connectivity index (χ0v) is 9.96. The van der Waals surface area contributed by atoms with Gasteiger partial charge < -0.3 is 5.32 Å². The Morgan fingerprint density at radius 3 is 2.47 bits per heavy atom. The Kier molecular flexibility index (Phi) is 4.96. The fourth-order valence-electron chi connectivity index (χ4n) is 1.37. The Bertz CT molecular complexity index is 298. The third-order valence-corrected chi connectivity index (χ3v) is 2.30. The molecule has 0 amide bonds. The number of allylic oxidation sites excluding steroid dienone is 2. The van der Waals surface area contributed by atoms with Crippen LogP contribution in [0.25, 0.3) is 0 Å². The van der Waals surface area contributed by atoms with Gasteiger partial charge in [0.05, 0.1) is 0 Å². The molecule has 0 atom stereocenters. The molecule has 0 saturated heterocycles. The predicted molar refractivity (Wildman–Crippen MR) is 67.9 cm³/mol. The highest BCUT2D eigenvalue weighted by atomic mass is 14.9. The number of benzene rings is 1. The van der Waals surface area contributed by atoms with E-state index in [9.17, 15) is 0 Å². The molecule has 0 radical (unpaired) electrons. The van der Waals surface area contributed by atoms with Crippen molar-refractivity contribution >= 4 is 5.69 Å². The first-order valence-electron chi connectivity index (χ1n) is 5.73. The van der Waals surface area contributed by atoms with Crippen LogP contribution in [0.2, 0.25) is 0 Å². The van der Waals surface area contributed by atoms with E-state index in [-0.39, 0.29) is 0 Å². The van der Waals surface area contributed by atoms with E-state index >= 15 is 0 Å². The fraction of sp³-hybridized carbons (Fsp3) is 0.429. The maximum Gasteiger partial charge on any atom is 0.0381 e. The second kappa shape index (κ2) is 6.28. The fourth-order valence-corrected chi connectivity index (χ4v) is 1.37. The largest absolute Gasteiger partial charge is 0.359 e. The quantitative estimate of drug-likeness (QED) is 0.746. The molecule has 1 aromatic carbocycles. The van der Waals surface area contributed by atoms with Crippen molar-refractivity contribution < 1.29 is 0 Å². The van der Waals surface area contributed by atoms with Gasteiger partial charge in [-0.05, 0) is 30.9 Å². The lowest BCUT2D eigenvalue weighted by molar-refractivity contribution is 0.660. The molecule has 15 heavy (non-hydrogen) atoms. The zero-order chi connectivity index (χ0) is 11.1. The molecule has 0 aliphatic heterocycles. The van der Waals surface area contributed by atoms with Crippen molar-refractivity contribution in [3.63, 3.8) is 0 Å². The second-order valence-electron chi connectivity index (χ2n) is 4.20. The first-order valence-corrected chi connectivity index (χ1v) is 5.73. The first-order chi connectivity index (χ1) is 7.22. The van der Waals surface area contributed by atoms with E-state index in [1.807, 2.05) is 6.07 Å². The third kappa shape index (κ3) is 4.68. The van der Waals surface area contributed by atoms with Crippen molar-refractivity contribution in [3.8, 4) is 0 Å². The zero-order valence-electron chi connectivity index (χ0n) is 9.96. The summed E-state index contributed by atoms with van der Waals surface area (Å²) in [6.45, 7) is 6.67. The van der Waals surface area contributed by atoms with Crippen molar-refractivity contribution in [1.82, 2.24) is 0 Å². The predicted octanol–water partition coefficient (Wildman–Crippen LogP) is 4.44. The van der Waals surface area contributed by atoms with Crippen LogP contribution in [0.3, 0.4) is 0 Å². The standard InChI is InChI=1S/C14H21N/c1-4-13(11-10-12(2)3)15-14-8-6-5-7-9-14/h5-9,11-12,15H,4,10H2,1-3H3. The summed E-state index contributed by atoms with van der Waals surface area (Å²) >= 11 is 0. The summed E-state index contributed by atoms with van der Waals surface area (Å²) in [7, 11) is 0. The average molecular weight is 203 g/mol. The summed E-state index contributed by atoms with van der Waals surface area (Å²) in [5.41, 5.74) is 2.49. The number of rotatable bonds is 5. The van der Waals surface area contributed by atoms with Crippen molar-refractivity contribution in [1.29, 1.82) is 0 Å². The number of nitrogens with one attached hydrogen (secondary N) is 1. The van der Waals surface area contributed by atoms with Gasteiger partial charge >= 0.3 is 0 Å². The van der Waals surface area contributed by atoms with Crippen molar-refractivity contribution in [2.45, 2.75) is 33.6 Å². The molecular weight excluding hydrogens is 182 g/mol. The van der Waals surface area contributed by atoms with Gasteiger partial charge in [0.15, 0.2) is 0 Å². The van der Waals surface area contributed by atoms with Crippen LogP contribution in [0.4, 0.5) is 5.69 Å². The van der Waals surface area contributed by atoms with Crippen LogP contribution in [0.15, 0.2) is 42.1 Å². The van der Waals surface area contributed by atoms with Crippen LogP contribution in [0, 0.1) is 5.92 Å². The van der Waals surface area contributed by atoms with E-state index in [1.165, 1.54) is 11.4 Å². The highest BCUT2D eigenvalue weighted by Gasteiger charge is 1.96. The maximum absolute atomic E-state index is 3.45. The lowest BCUT2D eigenvalue weighted by atomic mass is 10.1. The molecule has 0 aliphatic carbocycles. The number of para-hydroxylation sites is 1. The molecule has 0 spiro atoms. The minimum atomic E-state index is 0.726. The SMILES string of the molecule is CCC(=CCC(C)C)Nc1ccccc1. The Morgan fingerprint density at radius 1 is 1.27 bits per heavy atom. The smallest absolute Gasteiger partial charge is 0.0381 e. The second-order valence-corrected chi connectivity index (χ2v) is 4.20. The Labute approximate surface area is 93.2 Å². The molecule has 82 valence electrons. The molecule has 0 unspecified atom stereocenters. The average Bonchev–Trinajstić information content (AvgIpc) is 2.25. The van der Waals surface area contributed by atoms with Gasteiger partial charge in [-0.3, -0.25) is 0 Å². The van der Waals surface area contributed by atoms with E-state index < -0.39 is 0 Å². The van der Waals surface area contributed by atoms with Gasteiger partial charge in [-0.2, -0.15) is 0 Å². The summed E-state index contributed by atoms with van der Waals surface area (Å²) in [6.07, 6.45) is 4.50. The minimum absolute atomic E-state index is 0.726. The Morgan fingerprint density at radius 2 is 1.93 bits per heavy atom. The maximum atomic E-state index is 3.45. The van der Waals surface area contributed by atoms with E-state index in [4.69, 9.17) is 0 Å². The van der Waals surface area contributed by atoms with E-state index in [0.29, 0.717) is 0 Å². The molecule has 1 rings (SSSR count). The molecule has 0 heterocycles. The molecular formula is C14H21N. The molecule has 0 fully saturated rings. The van der Waals surface area contributed by atoms with Gasteiger partial charge in [-0.1, -0.05) is 45.0 Å². The van der Waals surface area contributed by atoms with Crippen molar-refractivity contribution in [2.24, 2.45) is 5.92 Å².